The van der Waals surface area contributed by atoms with Gasteiger partial charge in [0, 0.05) is 16.7 Å². The monoisotopic (exact) mass is 360 g/mol. The lowest BCUT2D eigenvalue weighted by molar-refractivity contribution is 0.103. The van der Waals surface area contributed by atoms with Crippen molar-refractivity contribution >= 4 is 11.6 Å². The third-order valence-corrected chi connectivity index (χ3v) is 4.43. The summed E-state index contributed by atoms with van der Waals surface area (Å²) in [4.78, 5) is 25.8. The summed E-state index contributed by atoms with van der Waals surface area (Å²) in [6, 6.07) is 18.4. The molecule has 0 atom stereocenters. The summed E-state index contributed by atoms with van der Waals surface area (Å²) in [6.45, 7) is 1.89. The van der Waals surface area contributed by atoms with Crippen LogP contribution in [0.1, 0.15) is 50.8 Å². The van der Waals surface area contributed by atoms with Gasteiger partial charge in [-0.2, -0.15) is 0 Å². The number of carbonyl (C=O) groups is 2. The minimum Gasteiger partial charge on any atom is -0.507 e. The highest BCUT2D eigenvalue weighted by atomic mass is 16.3. The first-order valence-corrected chi connectivity index (χ1v) is 8.81. The SMILES string of the molecule is CCCc1c(O)c(C(=O)c2ccccc2)cc(C(=O)c2ccccc2)c1O. The van der Waals surface area contributed by atoms with E-state index in [9.17, 15) is 19.8 Å². The highest BCUT2D eigenvalue weighted by molar-refractivity contribution is 6.16. The summed E-state index contributed by atoms with van der Waals surface area (Å²) in [5.41, 5.74) is 1.06. The largest absolute Gasteiger partial charge is 0.507 e. The van der Waals surface area contributed by atoms with Crippen molar-refractivity contribution < 1.29 is 19.8 Å². The van der Waals surface area contributed by atoms with E-state index in [0.29, 0.717) is 24.0 Å². The molecule has 0 aromatic heterocycles. The van der Waals surface area contributed by atoms with E-state index in [1.54, 1.807) is 60.7 Å². The first kappa shape index (κ1) is 18.4. The average Bonchev–Trinajstić information content (AvgIpc) is 2.71. The molecule has 136 valence electrons. The van der Waals surface area contributed by atoms with Crippen molar-refractivity contribution in [2.24, 2.45) is 0 Å². The van der Waals surface area contributed by atoms with Crippen LogP contribution in [0.2, 0.25) is 0 Å². The van der Waals surface area contributed by atoms with Gasteiger partial charge in [0.1, 0.15) is 11.5 Å². The Morgan fingerprint density at radius 2 is 1.15 bits per heavy atom. The molecule has 0 bridgehead atoms. The Kier molecular flexibility index (Phi) is 5.36. The van der Waals surface area contributed by atoms with Crippen molar-refractivity contribution in [3.05, 3.63) is 94.5 Å². The molecule has 0 saturated heterocycles. The van der Waals surface area contributed by atoms with Crippen molar-refractivity contribution in [1.29, 1.82) is 0 Å². The zero-order valence-corrected chi connectivity index (χ0v) is 15.0. The second kappa shape index (κ2) is 7.87. The number of aromatic hydroxyl groups is 2. The molecule has 4 nitrogen and oxygen atoms in total. The number of carbonyl (C=O) groups excluding carboxylic acids is 2. The van der Waals surface area contributed by atoms with E-state index in [0.717, 1.165) is 0 Å². The van der Waals surface area contributed by atoms with Crippen molar-refractivity contribution in [3.8, 4) is 11.5 Å². The molecule has 3 aromatic rings. The van der Waals surface area contributed by atoms with E-state index in [2.05, 4.69) is 0 Å². The normalized spacial score (nSPS) is 10.6. The molecule has 0 fully saturated rings. The van der Waals surface area contributed by atoms with Gasteiger partial charge in [-0.1, -0.05) is 74.0 Å². The topological polar surface area (TPSA) is 74.6 Å². The van der Waals surface area contributed by atoms with Crippen LogP contribution >= 0.6 is 0 Å². The molecule has 0 heterocycles. The number of hydrogen-bond acceptors (Lipinski definition) is 4. The van der Waals surface area contributed by atoms with Crippen LogP contribution in [-0.4, -0.2) is 21.8 Å². The molecular formula is C23H20O4. The van der Waals surface area contributed by atoms with Crippen LogP contribution < -0.4 is 0 Å². The third-order valence-electron chi connectivity index (χ3n) is 4.43. The highest BCUT2D eigenvalue weighted by Crippen LogP contribution is 2.37. The van der Waals surface area contributed by atoms with Crippen LogP contribution in [-0.2, 0) is 6.42 Å². The van der Waals surface area contributed by atoms with Crippen LogP contribution in [0.4, 0.5) is 0 Å². The van der Waals surface area contributed by atoms with E-state index in [-0.39, 0.29) is 28.2 Å². The number of phenols is 2. The number of benzene rings is 3. The van der Waals surface area contributed by atoms with Crippen LogP contribution in [0.25, 0.3) is 0 Å². The molecule has 0 radical (unpaired) electrons. The lowest BCUT2D eigenvalue weighted by atomic mass is 9.91. The molecule has 3 rings (SSSR count). The van der Waals surface area contributed by atoms with E-state index in [1.165, 1.54) is 6.07 Å². The predicted octanol–water partition coefficient (Wildman–Crippen LogP) is 4.51. The van der Waals surface area contributed by atoms with Crippen LogP contribution in [0.15, 0.2) is 66.7 Å². The van der Waals surface area contributed by atoms with Gasteiger partial charge in [0.05, 0.1) is 11.1 Å². The molecule has 4 heteroatoms. The van der Waals surface area contributed by atoms with E-state index < -0.39 is 11.6 Å². The Hall–Kier alpha value is -3.40. The van der Waals surface area contributed by atoms with Gasteiger partial charge in [0.15, 0.2) is 11.6 Å². The summed E-state index contributed by atoms with van der Waals surface area (Å²) in [5.74, 6) is -1.33. The molecule has 0 saturated carbocycles. The summed E-state index contributed by atoms with van der Waals surface area (Å²) < 4.78 is 0. The van der Waals surface area contributed by atoms with Crippen molar-refractivity contribution in [2.45, 2.75) is 19.8 Å². The minimum absolute atomic E-state index is 0.0155. The maximum atomic E-state index is 12.9. The van der Waals surface area contributed by atoms with Gasteiger partial charge in [0.25, 0.3) is 0 Å². The molecule has 27 heavy (non-hydrogen) atoms. The van der Waals surface area contributed by atoms with E-state index in [1.807, 2.05) is 6.92 Å². The molecule has 2 N–H and O–H groups in total. The molecule has 0 unspecified atom stereocenters. The van der Waals surface area contributed by atoms with Gasteiger partial charge >= 0.3 is 0 Å². The molecule has 0 spiro atoms. The highest BCUT2D eigenvalue weighted by Gasteiger charge is 2.25. The second-order valence-corrected chi connectivity index (χ2v) is 6.29. The standard InChI is InChI=1S/C23H20O4/c1-2-9-17-22(26)18(20(24)15-10-5-3-6-11-15)14-19(23(17)27)21(25)16-12-7-4-8-13-16/h3-8,10-14,26-27H,2,9H2,1H3. The van der Waals surface area contributed by atoms with Gasteiger partial charge < -0.3 is 10.2 Å². The Morgan fingerprint density at radius 3 is 1.52 bits per heavy atom. The first-order valence-electron chi connectivity index (χ1n) is 8.81. The van der Waals surface area contributed by atoms with Gasteiger partial charge in [-0.25, -0.2) is 0 Å². The van der Waals surface area contributed by atoms with Gasteiger partial charge in [-0.15, -0.1) is 0 Å². The molecular weight excluding hydrogens is 340 g/mol. The third kappa shape index (κ3) is 3.60. The second-order valence-electron chi connectivity index (χ2n) is 6.29. The quantitative estimate of drug-likeness (QED) is 0.634. The van der Waals surface area contributed by atoms with Gasteiger partial charge in [-0.05, 0) is 12.5 Å². The minimum atomic E-state index is -0.396. The maximum Gasteiger partial charge on any atom is 0.196 e. The smallest absolute Gasteiger partial charge is 0.196 e. The first-order chi connectivity index (χ1) is 13.0. The number of phenolic OH excluding ortho intramolecular Hbond substituents is 2. The number of hydrogen-bond donors (Lipinski definition) is 2. The fraction of sp³-hybridized carbons (Fsp3) is 0.130. The lowest BCUT2D eigenvalue weighted by Gasteiger charge is -2.15. The maximum absolute atomic E-state index is 12.9. The molecule has 3 aromatic carbocycles. The van der Waals surface area contributed by atoms with E-state index in [4.69, 9.17) is 0 Å². The number of rotatable bonds is 6. The molecule has 0 aliphatic rings. The average molecular weight is 360 g/mol. The fourth-order valence-corrected chi connectivity index (χ4v) is 3.04. The Bertz CT molecular complexity index is 901. The van der Waals surface area contributed by atoms with Crippen molar-refractivity contribution in [1.82, 2.24) is 0 Å². The fourth-order valence-electron chi connectivity index (χ4n) is 3.04. The van der Waals surface area contributed by atoms with Gasteiger partial charge in [0.2, 0.25) is 0 Å². The van der Waals surface area contributed by atoms with Crippen LogP contribution in [0, 0.1) is 0 Å². The molecule has 0 aliphatic heterocycles. The Morgan fingerprint density at radius 1 is 0.741 bits per heavy atom. The van der Waals surface area contributed by atoms with Crippen molar-refractivity contribution in [2.75, 3.05) is 0 Å². The summed E-state index contributed by atoms with van der Waals surface area (Å²) in [6.07, 6.45) is 0.992. The Labute approximate surface area is 157 Å². The summed E-state index contributed by atoms with van der Waals surface area (Å²) in [7, 11) is 0. The summed E-state index contributed by atoms with van der Waals surface area (Å²) >= 11 is 0. The van der Waals surface area contributed by atoms with Crippen LogP contribution in [0.5, 0.6) is 11.5 Å². The lowest BCUT2D eigenvalue weighted by Crippen LogP contribution is -2.09. The molecule has 0 aliphatic carbocycles. The van der Waals surface area contributed by atoms with Crippen LogP contribution in [0.3, 0.4) is 0 Å². The van der Waals surface area contributed by atoms with E-state index >= 15 is 0 Å². The van der Waals surface area contributed by atoms with Gasteiger partial charge in [-0.3, -0.25) is 9.59 Å². The molecule has 0 amide bonds. The summed E-state index contributed by atoms with van der Waals surface area (Å²) in [5, 5.41) is 21.2. The van der Waals surface area contributed by atoms with Crippen molar-refractivity contribution in [3.63, 3.8) is 0 Å². The zero-order chi connectivity index (χ0) is 19.4. The predicted molar refractivity (Wildman–Crippen MR) is 104 cm³/mol. The zero-order valence-electron chi connectivity index (χ0n) is 15.0. The Balaban J connectivity index is 2.18. The number of ketones is 2.